The van der Waals surface area contributed by atoms with Crippen molar-refractivity contribution in [3.63, 3.8) is 0 Å². The average molecular weight is 434 g/mol. The molecule has 1 aliphatic heterocycles. The van der Waals surface area contributed by atoms with Gasteiger partial charge >= 0.3 is 0 Å². The molecule has 0 radical (unpaired) electrons. The summed E-state index contributed by atoms with van der Waals surface area (Å²) in [6.07, 6.45) is 1.46. The van der Waals surface area contributed by atoms with E-state index in [-0.39, 0.29) is 11.8 Å². The lowest BCUT2D eigenvalue weighted by molar-refractivity contribution is -0.131. The van der Waals surface area contributed by atoms with Crippen molar-refractivity contribution in [2.24, 2.45) is 0 Å². The summed E-state index contributed by atoms with van der Waals surface area (Å²) in [6, 6.07) is 10.8. The van der Waals surface area contributed by atoms with Crippen molar-refractivity contribution < 1.29 is 9.59 Å². The molecule has 29 heavy (non-hydrogen) atoms. The van der Waals surface area contributed by atoms with Gasteiger partial charge in [-0.25, -0.2) is 0 Å². The van der Waals surface area contributed by atoms with Crippen molar-refractivity contribution >= 4 is 46.4 Å². The number of anilines is 2. The Hall–Kier alpha value is -2.24. The molecule has 0 aromatic heterocycles. The highest BCUT2D eigenvalue weighted by Gasteiger charge is 2.22. The van der Waals surface area contributed by atoms with Crippen LogP contribution in [0, 0.1) is 6.92 Å². The van der Waals surface area contributed by atoms with Gasteiger partial charge in [-0.3, -0.25) is 9.59 Å². The highest BCUT2D eigenvalue weighted by atomic mass is 35.5. The zero-order chi connectivity index (χ0) is 21.0. The second-order valence-electron chi connectivity index (χ2n) is 7.22. The zero-order valence-electron chi connectivity index (χ0n) is 16.7. The quantitative estimate of drug-likeness (QED) is 0.721. The smallest absolute Gasteiger partial charge is 0.257 e. The molecule has 5 nitrogen and oxygen atoms in total. The van der Waals surface area contributed by atoms with Gasteiger partial charge in [-0.05, 0) is 49.2 Å². The number of nitrogens with zero attached hydrogens (tertiary/aromatic N) is 2. The minimum atomic E-state index is -0.276. The number of halogens is 2. The van der Waals surface area contributed by atoms with Crippen LogP contribution >= 0.6 is 23.2 Å². The van der Waals surface area contributed by atoms with E-state index in [0.717, 1.165) is 30.8 Å². The molecule has 0 saturated carbocycles. The van der Waals surface area contributed by atoms with Gasteiger partial charge in [-0.2, -0.15) is 0 Å². The maximum atomic E-state index is 12.5. The lowest BCUT2D eigenvalue weighted by Crippen LogP contribution is -2.48. The first-order valence-corrected chi connectivity index (χ1v) is 10.5. The van der Waals surface area contributed by atoms with Crippen molar-refractivity contribution in [3.05, 3.63) is 57.6 Å². The fourth-order valence-electron chi connectivity index (χ4n) is 3.41. The van der Waals surface area contributed by atoms with Gasteiger partial charge in [-0.15, -0.1) is 0 Å². The molecule has 0 bridgehead atoms. The van der Waals surface area contributed by atoms with Crippen molar-refractivity contribution in [1.29, 1.82) is 0 Å². The Kier molecular flexibility index (Phi) is 7.04. The van der Waals surface area contributed by atoms with Crippen LogP contribution in [0.5, 0.6) is 0 Å². The summed E-state index contributed by atoms with van der Waals surface area (Å²) in [4.78, 5) is 28.6. The molecule has 0 aliphatic carbocycles. The molecular weight excluding hydrogens is 409 g/mol. The fraction of sp³-hybridized carbons (Fsp3) is 0.364. The molecule has 1 fully saturated rings. The van der Waals surface area contributed by atoms with Crippen LogP contribution in [0.15, 0.2) is 36.4 Å². The molecule has 2 aromatic carbocycles. The highest BCUT2D eigenvalue weighted by Crippen LogP contribution is 2.30. The van der Waals surface area contributed by atoms with Crippen LogP contribution < -0.4 is 10.2 Å². The summed E-state index contributed by atoms with van der Waals surface area (Å²) >= 11 is 12.7. The number of benzene rings is 2. The minimum Gasteiger partial charge on any atom is -0.367 e. The van der Waals surface area contributed by atoms with Crippen molar-refractivity contribution in [1.82, 2.24) is 4.90 Å². The van der Waals surface area contributed by atoms with E-state index in [2.05, 4.69) is 10.2 Å². The molecule has 1 aliphatic rings. The van der Waals surface area contributed by atoms with E-state index in [9.17, 15) is 9.59 Å². The van der Waals surface area contributed by atoms with Crippen LogP contribution in [0.4, 0.5) is 11.4 Å². The number of amides is 2. The third kappa shape index (κ3) is 5.22. The maximum Gasteiger partial charge on any atom is 0.257 e. The van der Waals surface area contributed by atoms with E-state index < -0.39 is 0 Å². The zero-order valence-corrected chi connectivity index (χ0v) is 18.2. The third-order valence-corrected chi connectivity index (χ3v) is 5.63. The summed E-state index contributed by atoms with van der Waals surface area (Å²) in [5.74, 6) is -0.0621. The van der Waals surface area contributed by atoms with Gasteiger partial charge < -0.3 is 15.1 Å². The number of hydrogen-bond donors (Lipinski definition) is 1. The number of piperazine rings is 1. The standard InChI is InChI=1S/C22H25Cl2N3O2/c1-3-4-21(28)27-11-9-26(10-12-27)20-8-6-16(14-19(20)24)25-22(29)17-7-5-15(2)13-18(17)23/h5-8,13-14H,3-4,9-12H2,1-2H3,(H,25,29). The summed E-state index contributed by atoms with van der Waals surface area (Å²) in [7, 11) is 0. The Labute approximate surface area is 181 Å². The fourth-order valence-corrected chi connectivity index (χ4v) is 4.03. The Morgan fingerprint density at radius 1 is 1.00 bits per heavy atom. The van der Waals surface area contributed by atoms with Gasteiger partial charge in [0.05, 0.1) is 21.3 Å². The average Bonchev–Trinajstić information content (AvgIpc) is 2.68. The van der Waals surface area contributed by atoms with Crippen molar-refractivity contribution in [2.75, 3.05) is 36.4 Å². The number of aryl methyl sites for hydroxylation is 1. The molecular formula is C22H25Cl2N3O2. The summed E-state index contributed by atoms with van der Waals surface area (Å²) in [5.41, 5.74) is 2.93. The Balaban J connectivity index is 1.65. The molecule has 1 heterocycles. The lowest BCUT2D eigenvalue weighted by Gasteiger charge is -2.36. The van der Waals surface area contributed by atoms with Crippen LogP contribution in [0.1, 0.15) is 35.7 Å². The summed E-state index contributed by atoms with van der Waals surface area (Å²) in [5, 5.41) is 3.82. The molecule has 3 rings (SSSR count). The van der Waals surface area contributed by atoms with Gasteiger partial charge in [0, 0.05) is 38.3 Å². The van der Waals surface area contributed by atoms with E-state index in [1.165, 1.54) is 0 Å². The van der Waals surface area contributed by atoms with Crippen LogP contribution in [-0.4, -0.2) is 42.9 Å². The van der Waals surface area contributed by atoms with Crippen LogP contribution in [-0.2, 0) is 4.79 Å². The molecule has 7 heteroatoms. The molecule has 154 valence electrons. The van der Waals surface area contributed by atoms with Crippen molar-refractivity contribution in [3.8, 4) is 0 Å². The van der Waals surface area contributed by atoms with E-state index in [4.69, 9.17) is 23.2 Å². The van der Waals surface area contributed by atoms with E-state index in [1.54, 1.807) is 18.2 Å². The summed E-state index contributed by atoms with van der Waals surface area (Å²) in [6.45, 7) is 6.80. The number of hydrogen-bond acceptors (Lipinski definition) is 3. The predicted molar refractivity (Wildman–Crippen MR) is 119 cm³/mol. The molecule has 0 atom stereocenters. The van der Waals surface area contributed by atoms with Crippen LogP contribution in [0.25, 0.3) is 0 Å². The Morgan fingerprint density at radius 2 is 1.72 bits per heavy atom. The third-order valence-electron chi connectivity index (χ3n) is 5.01. The second-order valence-corrected chi connectivity index (χ2v) is 8.04. The van der Waals surface area contributed by atoms with Gasteiger partial charge in [0.1, 0.15) is 0 Å². The van der Waals surface area contributed by atoms with Gasteiger partial charge in [0.2, 0.25) is 5.91 Å². The molecule has 1 saturated heterocycles. The predicted octanol–water partition coefficient (Wildman–Crippen LogP) is 5.00. The van der Waals surface area contributed by atoms with E-state index in [0.29, 0.717) is 40.8 Å². The SMILES string of the molecule is CCCC(=O)N1CCN(c2ccc(NC(=O)c3ccc(C)cc3Cl)cc2Cl)CC1. The Bertz CT molecular complexity index is 909. The molecule has 2 aromatic rings. The van der Waals surface area contributed by atoms with E-state index in [1.807, 2.05) is 36.9 Å². The number of carbonyl (C=O) groups is 2. The lowest BCUT2D eigenvalue weighted by atomic mass is 10.1. The van der Waals surface area contributed by atoms with Gasteiger partial charge in [0.25, 0.3) is 5.91 Å². The molecule has 2 amide bonds. The number of nitrogens with one attached hydrogen (secondary N) is 1. The second kappa shape index (κ2) is 9.51. The van der Waals surface area contributed by atoms with Gasteiger partial charge in [0.15, 0.2) is 0 Å². The van der Waals surface area contributed by atoms with Crippen LogP contribution in [0.2, 0.25) is 10.0 Å². The first kappa shape index (κ1) is 21.5. The normalized spacial score (nSPS) is 14.1. The first-order valence-electron chi connectivity index (χ1n) is 9.79. The monoisotopic (exact) mass is 433 g/mol. The number of carbonyl (C=O) groups excluding carboxylic acids is 2. The topological polar surface area (TPSA) is 52.7 Å². The highest BCUT2D eigenvalue weighted by molar-refractivity contribution is 6.35. The maximum absolute atomic E-state index is 12.5. The van der Waals surface area contributed by atoms with Crippen molar-refractivity contribution in [2.45, 2.75) is 26.7 Å². The van der Waals surface area contributed by atoms with E-state index >= 15 is 0 Å². The largest absolute Gasteiger partial charge is 0.367 e. The van der Waals surface area contributed by atoms with Crippen LogP contribution in [0.3, 0.4) is 0 Å². The van der Waals surface area contributed by atoms with Gasteiger partial charge in [-0.1, -0.05) is 36.2 Å². The number of rotatable bonds is 5. The molecule has 0 unspecified atom stereocenters. The molecule has 1 N–H and O–H groups in total. The molecule has 0 spiro atoms. The first-order chi connectivity index (χ1) is 13.9. The Morgan fingerprint density at radius 3 is 2.34 bits per heavy atom. The minimum absolute atomic E-state index is 0.214. The summed E-state index contributed by atoms with van der Waals surface area (Å²) < 4.78 is 0.